The number of amides is 1. The summed E-state index contributed by atoms with van der Waals surface area (Å²) in [5, 5.41) is 13.8. The Kier molecular flexibility index (Phi) is 4.76. The Balaban J connectivity index is 2.25. The first-order valence-electron chi connectivity index (χ1n) is 6.38. The lowest BCUT2D eigenvalue weighted by Gasteiger charge is -2.18. The molecule has 0 aliphatic heterocycles. The lowest BCUT2D eigenvalue weighted by Crippen LogP contribution is -2.33. The van der Waals surface area contributed by atoms with E-state index in [2.05, 4.69) is 5.10 Å². The number of nitrogens with zero attached hydrogens (tertiary/aromatic N) is 3. The highest BCUT2D eigenvalue weighted by atomic mass is 35.5. The van der Waals surface area contributed by atoms with Gasteiger partial charge in [-0.3, -0.25) is 4.79 Å². The molecule has 20 heavy (non-hydrogen) atoms. The number of aromatic nitrogens is 2. The zero-order valence-corrected chi connectivity index (χ0v) is 11.9. The first kappa shape index (κ1) is 14.6. The molecule has 1 N–H and O–H groups in total. The Morgan fingerprint density at radius 2 is 2.15 bits per heavy atom. The van der Waals surface area contributed by atoms with Gasteiger partial charge < -0.3 is 10.0 Å². The molecule has 106 valence electrons. The van der Waals surface area contributed by atoms with Crippen molar-refractivity contribution in [3.8, 4) is 5.69 Å². The van der Waals surface area contributed by atoms with Crippen LogP contribution in [-0.4, -0.2) is 45.4 Å². The van der Waals surface area contributed by atoms with Gasteiger partial charge in [-0.25, -0.2) is 4.68 Å². The Morgan fingerprint density at radius 3 is 2.80 bits per heavy atom. The maximum atomic E-state index is 12.2. The van der Waals surface area contributed by atoms with Crippen LogP contribution in [0.4, 0.5) is 0 Å². The fourth-order valence-corrected chi connectivity index (χ4v) is 2.12. The van der Waals surface area contributed by atoms with Gasteiger partial charge in [0.1, 0.15) is 0 Å². The van der Waals surface area contributed by atoms with Crippen molar-refractivity contribution in [2.45, 2.75) is 6.92 Å². The molecule has 0 radical (unpaired) electrons. The summed E-state index contributed by atoms with van der Waals surface area (Å²) in [5.41, 5.74) is 1.05. The SMILES string of the molecule is CCN(CCO)C(=O)c1ccn(-c2ccccc2Cl)n1. The summed E-state index contributed by atoms with van der Waals surface area (Å²) < 4.78 is 1.57. The van der Waals surface area contributed by atoms with Crippen LogP contribution in [0.2, 0.25) is 5.02 Å². The average Bonchev–Trinajstić information content (AvgIpc) is 2.94. The fourth-order valence-electron chi connectivity index (χ4n) is 1.90. The van der Waals surface area contributed by atoms with E-state index in [4.69, 9.17) is 16.7 Å². The molecule has 0 saturated heterocycles. The van der Waals surface area contributed by atoms with Crippen molar-refractivity contribution in [1.82, 2.24) is 14.7 Å². The normalized spacial score (nSPS) is 10.6. The van der Waals surface area contributed by atoms with E-state index in [-0.39, 0.29) is 12.5 Å². The largest absolute Gasteiger partial charge is 0.395 e. The summed E-state index contributed by atoms with van der Waals surface area (Å²) in [4.78, 5) is 13.7. The number of carbonyl (C=O) groups is 1. The highest BCUT2D eigenvalue weighted by molar-refractivity contribution is 6.32. The second-order valence-corrected chi connectivity index (χ2v) is 4.61. The van der Waals surface area contributed by atoms with E-state index in [9.17, 15) is 4.79 Å². The maximum absolute atomic E-state index is 12.2. The summed E-state index contributed by atoms with van der Waals surface area (Å²) in [5.74, 6) is -0.202. The molecule has 2 rings (SSSR count). The molecule has 0 aliphatic carbocycles. The zero-order chi connectivity index (χ0) is 14.5. The number of likely N-dealkylation sites (N-methyl/N-ethyl adjacent to an activating group) is 1. The minimum Gasteiger partial charge on any atom is -0.395 e. The molecule has 1 aromatic carbocycles. The van der Waals surface area contributed by atoms with Gasteiger partial charge in [-0.15, -0.1) is 0 Å². The number of rotatable bonds is 5. The van der Waals surface area contributed by atoms with Gasteiger partial charge in [0, 0.05) is 19.3 Å². The number of para-hydroxylation sites is 1. The molecule has 0 saturated carbocycles. The van der Waals surface area contributed by atoms with Crippen LogP contribution < -0.4 is 0 Å². The number of hydrogen-bond donors (Lipinski definition) is 1. The van der Waals surface area contributed by atoms with Gasteiger partial charge in [0.25, 0.3) is 5.91 Å². The summed E-state index contributed by atoms with van der Waals surface area (Å²) in [6, 6.07) is 8.93. The summed E-state index contributed by atoms with van der Waals surface area (Å²) in [6.07, 6.45) is 1.70. The third-order valence-electron chi connectivity index (χ3n) is 2.95. The average molecular weight is 294 g/mol. The number of benzene rings is 1. The topological polar surface area (TPSA) is 58.4 Å². The highest BCUT2D eigenvalue weighted by Gasteiger charge is 2.17. The van der Waals surface area contributed by atoms with Crippen molar-refractivity contribution in [1.29, 1.82) is 0 Å². The van der Waals surface area contributed by atoms with E-state index in [0.29, 0.717) is 23.8 Å². The molecule has 5 nitrogen and oxygen atoms in total. The first-order chi connectivity index (χ1) is 9.67. The number of hydrogen-bond acceptors (Lipinski definition) is 3. The fraction of sp³-hybridized carbons (Fsp3) is 0.286. The number of halogens is 1. The van der Waals surface area contributed by atoms with Crippen LogP contribution in [0.25, 0.3) is 5.69 Å². The van der Waals surface area contributed by atoms with Gasteiger partial charge in [0.15, 0.2) is 5.69 Å². The van der Waals surface area contributed by atoms with Crippen LogP contribution in [0.15, 0.2) is 36.5 Å². The molecule has 2 aromatic rings. The van der Waals surface area contributed by atoms with Crippen LogP contribution in [-0.2, 0) is 0 Å². The highest BCUT2D eigenvalue weighted by Crippen LogP contribution is 2.19. The van der Waals surface area contributed by atoms with E-state index in [1.165, 1.54) is 0 Å². The summed E-state index contributed by atoms with van der Waals surface area (Å²) >= 11 is 6.10. The van der Waals surface area contributed by atoms with Crippen molar-refractivity contribution in [3.05, 3.63) is 47.2 Å². The lowest BCUT2D eigenvalue weighted by atomic mass is 10.3. The third kappa shape index (κ3) is 3.00. The maximum Gasteiger partial charge on any atom is 0.274 e. The number of aliphatic hydroxyl groups excluding tert-OH is 1. The van der Waals surface area contributed by atoms with E-state index in [1.807, 2.05) is 25.1 Å². The number of aliphatic hydroxyl groups is 1. The third-order valence-corrected chi connectivity index (χ3v) is 3.27. The van der Waals surface area contributed by atoms with Gasteiger partial charge in [-0.2, -0.15) is 5.10 Å². The van der Waals surface area contributed by atoms with Crippen molar-refractivity contribution >= 4 is 17.5 Å². The Bertz CT molecular complexity index is 598. The molecule has 1 aromatic heterocycles. The van der Waals surface area contributed by atoms with Crippen LogP contribution in [0.1, 0.15) is 17.4 Å². The molecule has 0 atom stereocenters. The van der Waals surface area contributed by atoms with Crippen LogP contribution in [0, 0.1) is 0 Å². The van der Waals surface area contributed by atoms with Crippen LogP contribution in [0.5, 0.6) is 0 Å². The monoisotopic (exact) mass is 293 g/mol. The standard InChI is InChI=1S/C14H16ClN3O2/c1-2-17(9-10-19)14(20)12-7-8-18(16-12)13-6-4-3-5-11(13)15/h3-8,19H,2,9-10H2,1H3. The smallest absolute Gasteiger partial charge is 0.274 e. The van der Waals surface area contributed by atoms with Gasteiger partial charge in [0.05, 0.1) is 17.3 Å². The second kappa shape index (κ2) is 6.54. The zero-order valence-electron chi connectivity index (χ0n) is 11.2. The van der Waals surface area contributed by atoms with Gasteiger partial charge >= 0.3 is 0 Å². The molecular formula is C14H16ClN3O2. The predicted octanol–water partition coefficient (Wildman–Crippen LogP) is 1.98. The first-order valence-corrected chi connectivity index (χ1v) is 6.76. The Hall–Kier alpha value is -1.85. The number of carbonyl (C=O) groups excluding carboxylic acids is 1. The van der Waals surface area contributed by atoms with E-state index in [1.54, 1.807) is 27.9 Å². The van der Waals surface area contributed by atoms with Crippen molar-refractivity contribution in [3.63, 3.8) is 0 Å². The molecule has 0 spiro atoms. The molecule has 0 unspecified atom stereocenters. The van der Waals surface area contributed by atoms with Gasteiger partial charge in [-0.1, -0.05) is 23.7 Å². The minimum atomic E-state index is -0.202. The van der Waals surface area contributed by atoms with Gasteiger partial charge in [0.2, 0.25) is 0 Å². The van der Waals surface area contributed by atoms with E-state index < -0.39 is 0 Å². The quantitative estimate of drug-likeness (QED) is 0.917. The van der Waals surface area contributed by atoms with Crippen molar-refractivity contribution < 1.29 is 9.90 Å². The molecule has 0 fully saturated rings. The van der Waals surface area contributed by atoms with Crippen molar-refractivity contribution in [2.75, 3.05) is 19.7 Å². The van der Waals surface area contributed by atoms with Crippen molar-refractivity contribution in [2.24, 2.45) is 0 Å². The molecule has 1 amide bonds. The molecular weight excluding hydrogens is 278 g/mol. The van der Waals surface area contributed by atoms with E-state index in [0.717, 1.165) is 5.69 Å². The Morgan fingerprint density at radius 1 is 1.40 bits per heavy atom. The molecule has 6 heteroatoms. The minimum absolute atomic E-state index is 0.0647. The molecule has 0 bridgehead atoms. The summed E-state index contributed by atoms with van der Waals surface area (Å²) in [6.45, 7) is 2.62. The lowest BCUT2D eigenvalue weighted by molar-refractivity contribution is 0.0725. The van der Waals surface area contributed by atoms with Crippen LogP contribution >= 0.6 is 11.6 Å². The Labute approximate surface area is 122 Å². The van der Waals surface area contributed by atoms with Crippen LogP contribution in [0.3, 0.4) is 0 Å². The van der Waals surface area contributed by atoms with Gasteiger partial charge in [-0.05, 0) is 25.1 Å². The predicted molar refractivity (Wildman–Crippen MR) is 77.2 cm³/mol. The second-order valence-electron chi connectivity index (χ2n) is 4.21. The van der Waals surface area contributed by atoms with E-state index >= 15 is 0 Å². The molecule has 0 aliphatic rings. The molecule has 1 heterocycles. The summed E-state index contributed by atoms with van der Waals surface area (Å²) in [7, 11) is 0.